The number of nitrogens with zero attached hydrogens (tertiary/aromatic N) is 2. The van der Waals surface area contributed by atoms with Crippen molar-refractivity contribution in [3.63, 3.8) is 0 Å². The Kier molecular flexibility index (Phi) is 4.19. The Morgan fingerprint density at radius 2 is 2.17 bits per heavy atom. The van der Waals surface area contributed by atoms with Gasteiger partial charge >= 0.3 is 6.01 Å². The molecule has 0 bridgehead atoms. The first-order valence-electron chi connectivity index (χ1n) is 6.52. The zero-order valence-electron chi connectivity index (χ0n) is 11.3. The maximum atomic E-state index is 5.58. The summed E-state index contributed by atoms with van der Waals surface area (Å²) in [5, 5.41) is 14.4. The van der Waals surface area contributed by atoms with Gasteiger partial charge in [0.15, 0.2) is 0 Å². The lowest BCUT2D eigenvalue weighted by atomic mass is 10.1. The fourth-order valence-electron chi connectivity index (χ4n) is 1.65. The molecular formula is C12H22N4O2. The summed E-state index contributed by atoms with van der Waals surface area (Å²) in [6.45, 7) is 8.00. The van der Waals surface area contributed by atoms with Gasteiger partial charge in [-0.15, -0.1) is 5.10 Å². The molecule has 0 unspecified atom stereocenters. The van der Waals surface area contributed by atoms with Crippen LogP contribution in [0, 0.1) is 0 Å². The number of ether oxygens (including phenoxy) is 1. The second kappa shape index (κ2) is 5.67. The van der Waals surface area contributed by atoms with E-state index in [1.165, 1.54) is 12.8 Å². The summed E-state index contributed by atoms with van der Waals surface area (Å²) in [5.41, 5.74) is -0.240. The summed E-state index contributed by atoms with van der Waals surface area (Å²) in [7, 11) is 0. The molecule has 2 rings (SSSR count). The van der Waals surface area contributed by atoms with E-state index in [-0.39, 0.29) is 5.60 Å². The highest BCUT2D eigenvalue weighted by atomic mass is 16.5. The Morgan fingerprint density at radius 3 is 2.83 bits per heavy atom. The molecule has 18 heavy (non-hydrogen) atoms. The van der Waals surface area contributed by atoms with Crippen LogP contribution in [0.1, 0.15) is 39.5 Å². The summed E-state index contributed by atoms with van der Waals surface area (Å²) in [4.78, 5) is 0. The fraction of sp³-hybridized carbons (Fsp3) is 0.833. The Morgan fingerprint density at radius 1 is 1.39 bits per heavy atom. The van der Waals surface area contributed by atoms with Crippen LogP contribution in [0.15, 0.2) is 4.42 Å². The largest absolute Gasteiger partial charge is 0.407 e. The zero-order valence-corrected chi connectivity index (χ0v) is 11.3. The van der Waals surface area contributed by atoms with Crippen molar-refractivity contribution in [1.82, 2.24) is 15.5 Å². The average Bonchev–Trinajstić information content (AvgIpc) is 3.03. The van der Waals surface area contributed by atoms with Crippen LogP contribution in [-0.2, 0) is 11.3 Å². The van der Waals surface area contributed by atoms with Gasteiger partial charge in [0, 0.05) is 19.2 Å². The van der Waals surface area contributed by atoms with Gasteiger partial charge in [-0.25, -0.2) is 0 Å². The zero-order chi connectivity index (χ0) is 13.0. The summed E-state index contributed by atoms with van der Waals surface area (Å²) >= 11 is 0. The Balaban J connectivity index is 1.75. The van der Waals surface area contributed by atoms with Gasteiger partial charge in [0.25, 0.3) is 0 Å². The lowest BCUT2D eigenvalue weighted by Gasteiger charge is -2.24. The Bertz CT molecular complexity index is 374. The third-order valence-electron chi connectivity index (χ3n) is 2.79. The molecule has 1 aromatic heterocycles. The monoisotopic (exact) mass is 254 g/mol. The first-order chi connectivity index (χ1) is 8.59. The number of rotatable bonds is 8. The van der Waals surface area contributed by atoms with Crippen LogP contribution in [0.3, 0.4) is 0 Å². The van der Waals surface area contributed by atoms with Crippen LogP contribution >= 0.6 is 0 Å². The quantitative estimate of drug-likeness (QED) is 0.733. The van der Waals surface area contributed by atoms with Gasteiger partial charge in [0.1, 0.15) is 0 Å². The van der Waals surface area contributed by atoms with E-state index >= 15 is 0 Å². The first kappa shape index (κ1) is 13.3. The van der Waals surface area contributed by atoms with Gasteiger partial charge in [-0.05, 0) is 33.6 Å². The predicted molar refractivity (Wildman–Crippen MR) is 68.4 cm³/mol. The van der Waals surface area contributed by atoms with Crippen molar-refractivity contribution in [2.45, 2.75) is 51.8 Å². The van der Waals surface area contributed by atoms with Crippen molar-refractivity contribution in [3.05, 3.63) is 5.89 Å². The minimum atomic E-state index is -0.240. The predicted octanol–water partition coefficient (Wildman–Crippen LogP) is 1.55. The molecule has 0 amide bonds. The molecule has 1 aliphatic rings. The third-order valence-corrected chi connectivity index (χ3v) is 2.79. The van der Waals surface area contributed by atoms with E-state index in [4.69, 9.17) is 9.15 Å². The van der Waals surface area contributed by atoms with Crippen molar-refractivity contribution >= 4 is 6.01 Å². The molecule has 0 aromatic carbocycles. The molecule has 0 saturated heterocycles. The van der Waals surface area contributed by atoms with E-state index in [9.17, 15) is 0 Å². The summed E-state index contributed by atoms with van der Waals surface area (Å²) in [6, 6.07) is 1.10. The van der Waals surface area contributed by atoms with Crippen LogP contribution in [0.25, 0.3) is 0 Å². The van der Waals surface area contributed by atoms with Crippen molar-refractivity contribution in [1.29, 1.82) is 0 Å². The average molecular weight is 254 g/mol. The van der Waals surface area contributed by atoms with Gasteiger partial charge in [0.2, 0.25) is 5.89 Å². The number of nitrogens with one attached hydrogen (secondary N) is 2. The van der Waals surface area contributed by atoms with Crippen molar-refractivity contribution < 1.29 is 9.15 Å². The Hall–Kier alpha value is -1.14. The van der Waals surface area contributed by atoms with Crippen LogP contribution in [0.5, 0.6) is 0 Å². The van der Waals surface area contributed by atoms with Crippen LogP contribution in [-0.4, -0.2) is 35.0 Å². The van der Waals surface area contributed by atoms with Crippen LogP contribution in [0.4, 0.5) is 6.01 Å². The number of aromatic nitrogens is 2. The molecule has 6 nitrogen and oxygen atoms in total. The molecular weight excluding hydrogens is 232 g/mol. The highest BCUT2D eigenvalue weighted by Crippen LogP contribution is 2.19. The summed E-state index contributed by atoms with van der Waals surface area (Å²) in [6.07, 6.45) is 2.50. The molecule has 0 atom stereocenters. The van der Waals surface area contributed by atoms with Gasteiger partial charge in [-0.2, -0.15) is 0 Å². The first-order valence-corrected chi connectivity index (χ1v) is 6.52. The molecule has 1 aromatic rings. The third kappa shape index (κ3) is 4.27. The van der Waals surface area contributed by atoms with E-state index in [1.54, 1.807) is 0 Å². The maximum absolute atomic E-state index is 5.58. The van der Waals surface area contributed by atoms with E-state index < -0.39 is 0 Å². The smallest absolute Gasteiger partial charge is 0.315 e. The minimum Gasteiger partial charge on any atom is -0.407 e. The fourth-order valence-corrected chi connectivity index (χ4v) is 1.65. The lowest BCUT2D eigenvalue weighted by Crippen LogP contribution is -2.33. The van der Waals surface area contributed by atoms with Crippen molar-refractivity contribution in [3.8, 4) is 0 Å². The number of hydrogen-bond donors (Lipinski definition) is 2. The van der Waals surface area contributed by atoms with Gasteiger partial charge < -0.3 is 19.8 Å². The van der Waals surface area contributed by atoms with Crippen LogP contribution < -0.4 is 10.6 Å². The molecule has 0 aliphatic heterocycles. The summed E-state index contributed by atoms with van der Waals surface area (Å²) in [5.74, 6) is 0.624. The summed E-state index contributed by atoms with van der Waals surface area (Å²) < 4.78 is 11.1. The second-order valence-corrected chi connectivity index (χ2v) is 5.20. The molecule has 0 spiro atoms. The molecule has 6 heteroatoms. The van der Waals surface area contributed by atoms with Crippen LogP contribution in [0.2, 0.25) is 0 Å². The number of hydrogen-bond acceptors (Lipinski definition) is 6. The van der Waals surface area contributed by atoms with E-state index in [1.807, 2.05) is 20.8 Å². The highest BCUT2D eigenvalue weighted by Gasteiger charge is 2.21. The SMILES string of the molecule is CCOC(C)(C)CNc1nnc(CNC2CC2)o1. The maximum Gasteiger partial charge on any atom is 0.315 e. The molecule has 2 N–H and O–H groups in total. The standard InChI is InChI=1S/C12H22N4O2/c1-4-17-12(2,3)8-14-11-16-15-10(18-11)7-13-9-5-6-9/h9,13H,4-8H2,1-3H3,(H,14,16). The molecule has 1 heterocycles. The number of anilines is 1. The van der Waals surface area contributed by atoms with E-state index in [0.717, 1.165) is 0 Å². The van der Waals surface area contributed by atoms with Crippen molar-refractivity contribution in [2.75, 3.05) is 18.5 Å². The van der Waals surface area contributed by atoms with E-state index in [0.29, 0.717) is 37.6 Å². The molecule has 1 fully saturated rings. The minimum absolute atomic E-state index is 0.240. The second-order valence-electron chi connectivity index (χ2n) is 5.20. The topological polar surface area (TPSA) is 72.2 Å². The Labute approximate surface area is 107 Å². The normalized spacial score (nSPS) is 15.9. The molecule has 1 aliphatic carbocycles. The lowest BCUT2D eigenvalue weighted by molar-refractivity contribution is 0.000339. The van der Waals surface area contributed by atoms with E-state index in [2.05, 4.69) is 20.8 Å². The molecule has 0 radical (unpaired) electrons. The van der Waals surface area contributed by atoms with Gasteiger partial charge in [0.05, 0.1) is 12.1 Å². The van der Waals surface area contributed by atoms with Gasteiger partial charge in [-0.3, -0.25) is 0 Å². The molecule has 1 saturated carbocycles. The van der Waals surface area contributed by atoms with Crippen molar-refractivity contribution in [2.24, 2.45) is 0 Å². The highest BCUT2D eigenvalue weighted by molar-refractivity contribution is 5.17. The molecule has 102 valence electrons. The van der Waals surface area contributed by atoms with Gasteiger partial charge in [-0.1, -0.05) is 5.10 Å².